The molecule has 0 radical (unpaired) electrons. The first-order valence-corrected chi connectivity index (χ1v) is 8.92. The van der Waals surface area contributed by atoms with Gasteiger partial charge in [-0.3, -0.25) is 0 Å². The normalized spacial score (nSPS) is 13.8. The Morgan fingerprint density at radius 3 is 2.16 bits per heavy atom. The molecule has 0 fully saturated rings. The van der Waals surface area contributed by atoms with Gasteiger partial charge in [0.2, 0.25) is 0 Å². The summed E-state index contributed by atoms with van der Waals surface area (Å²) in [6, 6.07) is 3.06. The van der Waals surface area contributed by atoms with Crippen molar-refractivity contribution in [3.05, 3.63) is 80.8 Å². The number of carbonyl (C=O) groups is 1. The molecule has 2 nitrogen and oxygen atoms in total. The van der Waals surface area contributed by atoms with E-state index < -0.39 is 52.3 Å². The summed E-state index contributed by atoms with van der Waals surface area (Å²) >= 11 is 11.7. The highest BCUT2D eigenvalue weighted by atomic mass is 35.5. The van der Waals surface area contributed by atoms with Crippen LogP contribution in [0, 0.1) is 0 Å². The van der Waals surface area contributed by atoms with Gasteiger partial charge in [-0.1, -0.05) is 41.9 Å². The zero-order valence-corrected chi connectivity index (χ0v) is 16.6. The molecule has 2 aromatic rings. The van der Waals surface area contributed by atoms with E-state index in [4.69, 9.17) is 28.3 Å². The minimum atomic E-state index is -5.17. The van der Waals surface area contributed by atoms with Crippen LogP contribution in [0.25, 0.3) is 11.9 Å². The van der Waals surface area contributed by atoms with Crippen molar-refractivity contribution in [1.29, 1.82) is 0 Å². The summed E-state index contributed by atoms with van der Waals surface area (Å²) in [5, 5.41) is 8.53. The largest absolute Gasteiger partial charge is 0.478 e. The lowest BCUT2D eigenvalue weighted by atomic mass is 9.94. The number of hydrogen-bond donors (Lipinski definition) is 1. The Labute approximate surface area is 181 Å². The minimum absolute atomic E-state index is 0.0393. The molecule has 1 N–H and O–H groups in total. The van der Waals surface area contributed by atoms with E-state index in [1.54, 1.807) is 0 Å². The maximum atomic E-state index is 14.6. The third-order valence-electron chi connectivity index (χ3n) is 4.15. The second kappa shape index (κ2) is 8.92. The van der Waals surface area contributed by atoms with Crippen LogP contribution >= 0.6 is 23.2 Å². The molecule has 2 aromatic carbocycles. The number of alkyl halides is 6. The van der Waals surface area contributed by atoms with Gasteiger partial charge in [-0.05, 0) is 41.5 Å². The van der Waals surface area contributed by atoms with Crippen molar-refractivity contribution in [2.24, 2.45) is 0 Å². The first-order chi connectivity index (χ1) is 14.2. The van der Waals surface area contributed by atoms with Gasteiger partial charge in [0.1, 0.15) is 11.7 Å². The van der Waals surface area contributed by atoms with E-state index in [1.165, 1.54) is 0 Å². The van der Waals surface area contributed by atoms with Crippen molar-refractivity contribution >= 4 is 41.1 Å². The number of benzene rings is 2. The van der Waals surface area contributed by atoms with E-state index in [-0.39, 0.29) is 27.8 Å². The van der Waals surface area contributed by atoms with Gasteiger partial charge in [-0.15, -0.1) is 0 Å². The fourth-order valence-corrected chi connectivity index (χ4v) is 3.12. The predicted octanol–water partition coefficient (Wildman–Crippen LogP) is 8.01. The maximum Gasteiger partial charge on any atom is 0.417 e. The number of hydrogen-bond acceptors (Lipinski definition) is 1. The summed E-state index contributed by atoms with van der Waals surface area (Å²) in [5.41, 5.74) is -4.23. The van der Waals surface area contributed by atoms with Crippen LogP contribution in [0.3, 0.4) is 0 Å². The topological polar surface area (TPSA) is 37.3 Å². The molecule has 2 rings (SSSR count). The second-order valence-corrected chi connectivity index (χ2v) is 6.99. The van der Waals surface area contributed by atoms with E-state index in [0.29, 0.717) is 12.1 Å². The third-order valence-corrected chi connectivity index (χ3v) is 4.97. The Morgan fingerprint density at radius 1 is 1.06 bits per heavy atom. The molecule has 0 heterocycles. The van der Waals surface area contributed by atoms with Crippen molar-refractivity contribution in [3.8, 4) is 0 Å². The molecule has 0 bridgehead atoms. The van der Waals surface area contributed by atoms with Gasteiger partial charge in [0, 0.05) is 5.56 Å². The highest BCUT2D eigenvalue weighted by Crippen LogP contribution is 2.42. The van der Waals surface area contributed by atoms with Crippen molar-refractivity contribution in [3.63, 3.8) is 0 Å². The summed E-state index contributed by atoms with van der Waals surface area (Å²) in [7, 11) is 0. The Kier molecular flexibility index (Phi) is 7.12. The van der Waals surface area contributed by atoms with Crippen LogP contribution in [0.15, 0.2) is 43.0 Å². The monoisotopic (exact) mass is 486 g/mol. The summed E-state index contributed by atoms with van der Waals surface area (Å²) in [6.45, 7) is 3.39. The minimum Gasteiger partial charge on any atom is -0.478 e. The van der Waals surface area contributed by atoms with Crippen molar-refractivity contribution < 1.29 is 40.6 Å². The van der Waals surface area contributed by atoms with Crippen LogP contribution in [-0.4, -0.2) is 17.3 Å². The molecule has 1 unspecified atom stereocenters. The molecule has 0 aliphatic carbocycles. The zero-order valence-electron chi connectivity index (χ0n) is 15.1. The van der Waals surface area contributed by atoms with Crippen LogP contribution in [0.5, 0.6) is 0 Å². The van der Waals surface area contributed by atoms with Crippen molar-refractivity contribution in [2.75, 3.05) is 0 Å². The fourth-order valence-electron chi connectivity index (χ4n) is 2.70. The van der Waals surface area contributed by atoms with E-state index in [9.17, 15) is 35.5 Å². The maximum absolute atomic E-state index is 14.6. The molecule has 11 heteroatoms. The highest BCUT2D eigenvalue weighted by molar-refractivity contribution is 6.43. The van der Waals surface area contributed by atoms with Gasteiger partial charge in [-0.25, -0.2) is 9.18 Å². The second-order valence-electron chi connectivity index (χ2n) is 6.21. The number of carboxylic acid groups (broad SMARTS) is 1. The summed E-state index contributed by atoms with van der Waals surface area (Å²) in [6.07, 6.45) is -9.01. The summed E-state index contributed by atoms with van der Waals surface area (Å²) < 4.78 is 94.8. The van der Waals surface area contributed by atoms with Gasteiger partial charge in [-0.2, -0.15) is 26.3 Å². The van der Waals surface area contributed by atoms with Gasteiger partial charge >= 0.3 is 18.3 Å². The lowest BCUT2D eigenvalue weighted by molar-refractivity contribution is -0.140. The Morgan fingerprint density at radius 2 is 1.68 bits per heavy atom. The molecule has 166 valence electrons. The predicted molar refractivity (Wildman–Crippen MR) is 103 cm³/mol. The van der Waals surface area contributed by atoms with Crippen molar-refractivity contribution in [2.45, 2.75) is 18.3 Å². The van der Waals surface area contributed by atoms with Crippen LogP contribution in [0.4, 0.5) is 30.7 Å². The van der Waals surface area contributed by atoms with Crippen LogP contribution in [0.1, 0.15) is 38.5 Å². The average molecular weight is 487 g/mol. The smallest absolute Gasteiger partial charge is 0.417 e. The summed E-state index contributed by atoms with van der Waals surface area (Å²) in [4.78, 5) is 11.0. The van der Waals surface area contributed by atoms with Crippen molar-refractivity contribution in [1.82, 2.24) is 0 Å². The Bertz CT molecular complexity index is 1060. The van der Waals surface area contributed by atoms with E-state index >= 15 is 0 Å². The standard InChI is InChI=1S/C20H11Cl2F7O2/c1-2-9-5-11(7-15(21)17(9)22)13(19(24,25)26)8-16(23)10-3-4-12(18(30)31)14(6-10)20(27,28)29/h2-8,13H,1H2,(H,30,31). The Balaban J connectivity index is 2.65. The molecule has 0 saturated carbocycles. The van der Waals surface area contributed by atoms with Crippen LogP contribution < -0.4 is 0 Å². The molecule has 0 spiro atoms. The SMILES string of the molecule is C=Cc1cc(C(C=C(F)c2ccc(C(=O)O)c(C(F)(F)F)c2)C(F)(F)F)cc(Cl)c1Cl. The first-order valence-electron chi connectivity index (χ1n) is 8.17. The number of aromatic carboxylic acids is 1. The summed E-state index contributed by atoms with van der Waals surface area (Å²) in [5.74, 6) is -6.16. The zero-order chi connectivity index (χ0) is 23.7. The first kappa shape index (κ1) is 24.7. The molecule has 0 amide bonds. The Hall–Kier alpha value is -2.52. The number of allylic oxidation sites excluding steroid dienone is 1. The van der Waals surface area contributed by atoms with Crippen LogP contribution in [-0.2, 0) is 6.18 Å². The fraction of sp³-hybridized carbons (Fsp3) is 0.150. The van der Waals surface area contributed by atoms with Gasteiger partial charge in [0.05, 0.1) is 21.2 Å². The van der Waals surface area contributed by atoms with Gasteiger partial charge < -0.3 is 5.11 Å². The highest BCUT2D eigenvalue weighted by Gasteiger charge is 2.41. The lowest BCUT2D eigenvalue weighted by Gasteiger charge is -2.19. The molecular formula is C20H11Cl2F7O2. The molecule has 1 atom stereocenters. The van der Waals surface area contributed by atoms with Gasteiger partial charge in [0.15, 0.2) is 0 Å². The molecule has 0 aromatic heterocycles. The van der Waals surface area contributed by atoms with E-state index in [0.717, 1.165) is 18.2 Å². The van der Waals surface area contributed by atoms with E-state index in [1.807, 2.05) is 0 Å². The third kappa shape index (κ3) is 5.59. The number of carboxylic acids is 1. The molecule has 0 aliphatic rings. The number of rotatable bonds is 5. The quantitative estimate of drug-likeness (QED) is 0.434. The lowest BCUT2D eigenvalue weighted by Crippen LogP contribution is -2.19. The molecule has 0 aliphatic heterocycles. The van der Waals surface area contributed by atoms with Crippen LogP contribution in [0.2, 0.25) is 10.0 Å². The molecular weight excluding hydrogens is 476 g/mol. The molecule has 0 saturated heterocycles. The number of halogens is 9. The van der Waals surface area contributed by atoms with Gasteiger partial charge in [0.25, 0.3) is 0 Å². The average Bonchev–Trinajstić information content (AvgIpc) is 2.65. The van der Waals surface area contributed by atoms with E-state index in [2.05, 4.69) is 6.58 Å². The molecule has 31 heavy (non-hydrogen) atoms.